The van der Waals surface area contributed by atoms with E-state index in [1.54, 1.807) is 0 Å². The molecule has 5 saturated carbocycles. The summed E-state index contributed by atoms with van der Waals surface area (Å²) in [4.78, 5) is 0. The number of aliphatic hydroxyl groups is 2. The Bertz CT molecular complexity index is 921. The molecule has 5 aliphatic carbocycles. The number of ether oxygens (including phenoxy) is 3. The number of nitrogens with one attached hydrogen (secondary N) is 1. The molecule has 2 saturated heterocycles. The molecule has 2 heterocycles. The molecular weight excluding hydrogens is 466 g/mol. The van der Waals surface area contributed by atoms with Crippen LogP contribution < -0.4 is 5.32 Å². The average molecular weight is 518 g/mol. The first-order chi connectivity index (χ1) is 17.5. The molecule has 0 aromatic heterocycles. The Morgan fingerprint density at radius 1 is 1.00 bits per heavy atom. The van der Waals surface area contributed by atoms with Crippen LogP contribution in [0.15, 0.2) is 0 Å². The zero-order chi connectivity index (χ0) is 26.0. The minimum atomic E-state index is -0.445. The summed E-state index contributed by atoms with van der Waals surface area (Å²) in [5.74, 6) is 2.08. The van der Waals surface area contributed by atoms with Crippen LogP contribution in [0.1, 0.15) is 86.0 Å². The molecule has 0 radical (unpaired) electrons. The van der Waals surface area contributed by atoms with E-state index < -0.39 is 6.10 Å². The molecular formula is C31H51NO5. The van der Waals surface area contributed by atoms with Gasteiger partial charge in [-0.1, -0.05) is 34.6 Å². The molecule has 0 aromatic rings. The molecule has 3 N–H and O–H groups in total. The van der Waals surface area contributed by atoms with Crippen molar-refractivity contribution in [3.63, 3.8) is 0 Å². The van der Waals surface area contributed by atoms with Crippen LogP contribution in [-0.4, -0.2) is 67.2 Å². The number of hydrogen-bond donors (Lipinski definition) is 3. The largest absolute Gasteiger partial charge is 0.394 e. The van der Waals surface area contributed by atoms with Crippen LogP contribution in [0.25, 0.3) is 0 Å². The van der Waals surface area contributed by atoms with E-state index in [1.807, 2.05) is 0 Å². The smallest absolute Gasteiger partial charge is 0.170 e. The monoisotopic (exact) mass is 517 g/mol. The molecule has 7 aliphatic rings. The summed E-state index contributed by atoms with van der Waals surface area (Å²) >= 11 is 0. The summed E-state index contributed by atoms with van der Waals surface area (Å²) in [6.07, 6.45) is 9.02. The lowest BCUT2D eigenvalue weighted by molar-refractivity contribution is -0.237. The van der Waals surface area contributed by atoms with E-state index in [-0.39, 0.29) is 47.5 Å². The van der Waals surface area contributed by atoms with Crippen LogP contribution in [0, 0.1) is 50.7 Å². The molecule has 2 aliphatic heterocycles. The highest BCUT2D eigenvalue weighted by atomic mass is 16.7. The second-order valence-corrected chi connectivity index (χ2v) is 15.4. The Morgan fingerprint density at radius 2 is 1.76 bits per heavy atom. The van der Waals surface area contributed by atoms with Crippen LogP contribution in [0.3, 0.4) is 0 Å². The fraction of sp³-hybridized carbons (Fsp3) is 1.00. The molecule has 7 unspecified atom stereocenters. The summed E-state index contributed by atoms with van der Waals surface area (Å²) in [7, 11) is 0. The topological polar surface area (TPSA) is 80.2 Å². The standard InChI is InChI=1S/C31H51NO5/c1-18-14-19(16-33)36-25-24(18)28(4)10-11-31-17-30(31)9-8-22(37-23-15-32-12-13-35-23)27(2,3)20(30)6-7-21(31)29(28,5)26(25)34/h18-26,32-34H,6-17H2,1-5H3/t18-,19?,20+,21?,22?,23+,24+,25?,26+,28?,29-,30?,31?/m1/s1. The second kappa shape index (κ2) is 8.16. The molecule has 6 heteroatoms. The van der Waals surface area contributed by atoms with E-state index in [2.05, 4.69) is 39.9 Å². The Hall–Kier alpha value is -0.240. The number of fused-ring (bicyclic) bond motifs is 4. The third kappa shape index (κ3) is 3.04. The molecule has 0 aromatic carbocycles. The van der Waals surface area contributed by atoms with Crippen LogP contribution in [0.2, 0.25) is 0 Å². The third-order valence-corrected chi connectivity index (χ3v) is 14.2. The molecule has 0 bridgehead atoms. The van der Waals surface area contributed by atoms with Crippen molar-refractivity contribution in [2.24, 2.45) is 50.7 Å². The van der Waals surface area contributed by atoms with Crippen LogP contribution in [0.4, 0.5) is 0 Å². The van der Waals surface area contributed by atoms with Gasteiger partial charge in [-0.15, -0.1) is 0 Å². The molecule has 7 rings (SSSR count). The van der Waals surface area contributed by atoms with Crippen molar-refractivity contribution in [1.29, 1.82) is 0 Å². The van der Waals surface area contributed by atoms with E-state index in [9.17, 15) is 10.2 Å². The fourth-order valence-corrected chi connectivity index (χ4v) is 12.6. The van der Waals surface area contributed by atoms with Gasteiger partial charge in [-0.25, -0.2) is 0 Å². The zero-order valence-electron chi connectivity index (χ0n) is 23.8. The van der Waals surface area contributed by atoms with E-state index in [0.29, 0.717) is 34.5 Å². The predicted octanol–water partition coefficient (Wildman–Crippen LogP) is 4.12. The second-order valence-electron chi connectivity index (χ2n) is 15.4. The predicted molar refractivity (Wildman–Crippen MR) is 141 cm³/mol. The average Bonchev–Trinajstić information content (AvgIpc) is 3.51. The van der Waals surface area contributed by atoms with Crippen molar-refractivity contribution >= 4 is 0 Å². The summed E-state index contributed by atoms with van der Waals surface area (Å²) in [6, 6.07) is 0. The van der Waals surface area contributed by atoms with Gasteiger partial charge in [0.2, 0.25) is 0 Å². The number of aliphatic hydroxyl groups excluding tert-OH is 2. The van der Waals surface area contributed by atoms with Gasteiger partial charge >= 0.3 is 0 Å². The quantitative estimate of drug-likeness (QED) is 0.523. The number of hydrogen-bond acceptors (Lipinski definition) is 6. The van der Waals surface area contributed by atoms with Gasteiger partial charge in [-0.2, -0.15) is 0 Å². The van der Waals surface area contributed by atoms with Gasteiger partial charge in [-0.3, -0.25) is 0 Å². The van der Waals surface area contributed by atoms with Crippen molar-refractivity contribution in [2.75, 3.05) is 26.3 Å². The molecule has 13 atom stereocenters. The molecule has 7 fully saturated rings. The third-order valence-electron chi connectivity index (χ3n) is 14.2. The van der Waals surface area contributed by atoms with E-state index >= 15 is 0 Å². The first kappa shape index (κ1) is 25.7. The molecule has 37 heavy (non-hydrogen) atoms. The van der Waals surface area contributed by atoms with Gasteiger partial charge in [0.25, 0.3) is 0 Å². The van der Waals surface area contributed by atoms with Gasteiger partial charge in [0.15, 0.2) is 6.29 Å². The van der Waals surface area contributed by atoms with Crippen LogP contribution in [-0.2, 0) is 14.2 Å². The number of rotatable bonds is 3. The highest BCUT2D eigenvalue weighted by Crippen LogP contribution is 2.89. The van der Waals surface area contributed by atoms with Gasteiger partial charge in [0.1, 0.15) is 0 Å². The Labute approximate surface area is 223 Å². The van der Waals surface area contributed by atoms with E-state index in [1.165, 1.54) is 38.5 Å². The lowest BCUT2D eigenvalue weighted by Crippen LogP contribution is -2.60. The van der Waals surface area contributed by atoms with E-state index in [4.69, 9.17) is 14.2 Å². The highest BCUT2D eigenvalue weighted by molar-refractivity contribution is 5.32. The van der Waals surface area contributed by atoms with Crippen molar-refractivity contribution in [2.45, 2.75) is 117 Å². The van der Waals surface area contributed by atoms with Gasteiger partial charge < -0.3 is 29.7 Å². The first-order valence-corrected chi connectivity index (χ1v) is 15.5. The molecule has 6 nitrogen and oxygen atoms in total. The minimum Gasteiger partial charge on any atom is -0.394 e. The maximum atomic E-state index is 12.1. The normalized spacial score (nSPS) is 59.9. The fourth-order valence-electron chi connectivity index (χ4n) is 12.6. The van der Waals surface area contributed by atoms with Crippen molar-refractivity contribution in [1.82, 2.24) is 5.32 Å². The molecule has 210 valence electrons. The molecule has 0 amide bonds. The zero-order valence-corrected chi connectivity index (χ0v) is 23.8. The lowest BCUT2D eigenvalue weighted by Gasteiger charge is -2.63. The van der Waals surface area contributed by atoms with Gasteiger partial charge in [0.05, 0.1) is 37.6 Å². The van der Waals surface area contributed by atoms with Crippen LogP contribution >= 0.6 is 0 Å². The summed E-state index contributed by atoms with van der Waals surface area (Å²) in [5.41, 5.74) is 0.854. The van der Waals surface area contributed by atoms with Gasteiger partial charge in [0, 0.05) is 18.5 Å². The maximum Gasteiger partial charge on any atom is 0.170 e. The lowest BCUT2D eigenvalue weighted by atomic mass is 9.41. The maximum absolute atomic E-state index is 12.1. The Kier molecular flexibility index (Phi) is 5.67. The van der Waals surface area contributed by atoms with E-state index in [0.717, 1.165) is 32.5 Å². The summed E-state index contributed by atoms with van der Waals surface area (Å²) < 4.78 is 19.1. The van der Waals surface area contributed by atoms with Crippen molar-refractivity contribution in [3.05, 3.63) is 0 Å². The highest BCUT2D eigenvalue weighted by Gasteiger charge is 2.84. The van der Waals surface area contributed by atoms with Gasteiger partial charge in [-0.05, 0) is 96.7 Å². The minimum absolute atomic E-state index is 0.0617. The van der Waals surface area contributed by atoms with Crippen molar-refractivity contribution in [3.8, 4) is 0 Å². The SMILES string of the molecule is C[C@@H]1CC(CO)OC2[C@H]1C1(C)CCC34CC35CCC(O[C@H]3CNCCO3)C(C)(C)[C@@H]5CCC4[C@]1(C)[C@H]2O. The Balaban J connectivity index is 1.18. The van der Waals surface area contributed by atoms with Crippen LogP contribution in [0.5, 0.6) is 0 Å². The summed E-state index contributed by atoms with van der Waals surface area (Å²) in [5, 5.41) is 25.5. The summed E-state index contributed by atoms with van der Waals surface area (Å²) in [6.45, 7) is 14.8. The first-order valence-electron chi connectivity index (χ1n) is 15.5. The van der Waals surface area contributed by atoms with Crippen molar-refractivity contribution < 1.29 is 24.4 Å². The number of morpholine rings is 1. The molecule has 2 spiro atoms. The Morgan fingerprint density at radius 3 is 2.49 bits per heavy atom.